The second-order valence-corrected chi connectivity index (χ2v) is 5.88. The Morgan fingerprint density at radius 3 is 2.41 bits per heavy atom. The molecule has 126 valence electrons. The summed E-state index contributed by atoms with van der Waals surface area (Å²) in [5.74, 6) is 0.772. The maximum Gasteiger partial charge on any atom is 0.242 e. The maximum atomic E-state index is 12.0. The van der Waals surface area contributed by atoms with E-state index in [1.165, 1.54) is 19.3 Å². The van der Waals surface area contributed by atoms with Gasteiger partial charge in [-0.2, -0.15) is 0 Å². The van der Waals surface area contributed by atoms with E-state index in [1.54, 1.807) is 0 Å². The average Bonchev–Trinajstić information content (AvgIpc) is 2.99. The van der Waals surface area contributed by atoms with Gasteiger partial charge in [-0.1, -0.05) is 31.4 Å². The standard InChI is InChI=1S/C16H28N4O.HI/c1-2-17-16(20-14-10-6-7-11-14)18-12-15(21)19-13-8-4-3-5-9-13;/h6-7,13-14H,2-5,8-12H2,1H3,(H,19,21)(H2,17,18,20);1H. The van der Waals surface area contributed by atoms with E-state index in [9.17, 15) is 4.79 Å². The van der Waals surface area contributed by atoms with Crippen LogP contribution in [0.2, 0.25) is 0 Å². The van der Waals surface area contributed by atoms with Crippen molar-refractivity contribution in [1.29, 1.82) is 0 Å². The predicted octanol–water partition coefficient (Wildman–Crippen LogP) is 2.33. The lowest BCUT2D eigenvalue weighted by Gasteiger charge is -2.22. The van der Waals surface area contributed by atoms with Crippen molar-refractivity contribution in [3.63, 3.8) is 0 Å². The summed E-state index contributed by atoms with van der Waals surface area (Å²) in [6.45, 7) is 3.04. The molecule has 22 heavy (non-hydrogen) atoms. The van der Waals surface area contributed by atoms with E-state index >= 15 is 0 Å². The fourth-order valence-corrected chi connectivity index (χ4v) is 2.92. The Morgan fingerprint density at radius 2 is 1.77 bits per heavy atom. The molecule has 0 atom stereocenters. The van der Waals surface area contributed by atoms with E-state index < -0.39 is 0 Å². The third-order valence-corrected chi connectivity index (χ3v) is 4.04. The maximum absolute atomic E-state index is 12.0. The molecule has 0 saturated heterocycles. The first-order chi connectivity index (χ1) is 10.3. The Labute approximate surface area is 150 Å². The Morgan fingerprint density at radius 1 is 1.09 bits per heavy atom. The van der Waals surface area contributed by atoms with Gasteiger partial charge < -0.3 is 16.0 Å². The van der Waals surface area contributed by atoms with Gasteiger partial charge in [0.25, 0.3) is 0 Å². The number of aliphatic imine (C=N–C) groups is 1. The molecule has 5 nitrogen and oxygen atoms in total. The second-order valence-electron chi connectivity index (χ2n) is 5.88. The molecule has 0 heterocycles. The molecule has 0 unspecified atom stereocenters. The van der Waals surface area contributed by atoms with Crippen molar-refractivity contribution in [2.45, 2.75) is 64.0 Å². The fourth-order valence-electron chi connectivity index (χ4n) is 2.92. The molecule has 0 spiro atoms. The van der Waals surface area contributed by atoms with E-state index in [0.29, 0.717) is 12.1 Å². The third-order valence-electron chi connectivity index (χ3n) is 4.04. The van der Waals surface area contributed by atoms with Crippen molar-refractivity contribution >= 4 is 35.8 Å². The van der Waals surface area contributed by atoms with E-state index in [4.69, 9.17) is 0 Å². The highest BCUT2D eigenvalue weighted by Crippen LogP contribution is 2.17. The van der Waals surface area contributed by atoms with E-state index in [2.05, 4.69) is 33.1 Å². The van der Waals surface area contributed by atoms with E-state index in [0.717, 1.165) is 38.2 Å². The van der Waals surface area contributed by atoms with Gasteiger partial charge in [0.2, 0.25) is 5.91 Å². The summed E-state index contributed by atoms with van der Waals surface area (Å²) in [5, 5.41) is 9.67. The first kappa shape index (κ1) is 19.3. The number of amides is 1. The zero-order chi connectivity index (χ0) is 14.9. The van der Waals surface area contributed by atoms with Crippen molar-refractivity contribution in [2.24, 2.45) is 4.99 Å². The largest absolute Gasteiger partial charge is 0.357 e. The summed E-state index contributed by atoms with van der Waals surface area (Å²) in [4.78, 5) is 16.4. The van der Waals surface area contributed by atoms with Crippen LogP contribution in [0.4, 0.5) is 0 Å². The lowest BCUT2D eigenvalue weighted by atomic mass is 9.95. The lowest BCUT2D eigenvalue weighted by Crippen LogP contribution is -2.43. The van der Waals surface area contributed by atoms with Gasteiger partial charge in [0.1, 0.15) is 6.54 Å². The summed E-state index contributed by atoms with van der Waals surface area (Å²) in [6, 6.07) is 0.764. The zero-order valence-electron chi connectivity index (χ0n) is 13.4. The second kappa shape index (κ2) is 10.9. The molecule has 0 radical (unpaired) electrons. The van der Waals surface area contributed by atoms with Crippen LogP contribution in [0.5, 0.6) is 0 Å². The quantitative estimate of drug-likeness (QED) is 0.277. The minimum Gasteiger partial charge on any atom is -0.357 e. The van der Waals surface area contributed by atoms with Crippen LogP contribution >= 0.6 is 24.0 Å². The summed E-state index contributed by atoms with van der Waals surface area (Å²) in [6.07, 6.45) is 12.4. The van der Waals surface area contributed by atoms with Crippen molar-refractivity contribution in [3.05, 3.63) is 12.2 Å². The Balaban J connectivity index is 0.00000242. The molecule has 1 amide bonds. The summed E-state index contributed by atoms with van der Waals surface area (Å²) >= 11 is 0. The number of hydrogen-bond acceptors (Lipinski definition) is 2. The number of nitrogens with one attached hydrogen (secondary N) is 3. The van der Waals surface area contributed by atoms with Gasteiger partial charge in [0.15, 0.2) is 5.96 Å². The van der Waals surface area contributed by atoms with E-state index in [1.807, 2.05) is 6.92 Å². The molecule has 2 aliphatic rings. The van der Waals surface area contributed by atoms with Gasteiger partial charge >= 0.3 is 0 Å². The minimum absolute atomic E-state index is 0. The summed E-state index contributed by atoms with van der Waals surface area (Å²) in [7, 11) is 0. The van der Waals surface area contributed by atoms with Gasteiger partial charge in [0.05, 0.1) is 0 Å². The van der Waals surface area contributed by atoms with Crippen LogP contribution < -0.4 is 16.0 Å². The highest BCUT2D eigenvalue weighted by molar-refractivity contribution is 14.0. The molecule has 6 heteroatoms. The molecule has 1 saturated carbocycles. The zero-order valence-corrected chi connectivity index (χ0v) is 15.8. The first-order valence-electron chi connectivity index (χ1n) is 8.27. The van der Waals surface area contributed by atoms with Gasteiger partial charge in [-0.3, -0.25) is 4.79 Å². The number of rotatable bonds is 5. The lowest BCUT2D eigenvalue weighted by molar-refractivity contribution is -0.120. The molecule has 0 aromatic rings. The number of guanidine groups is 1. The monoisotopic (exact) mass is 420 g/mol. The Hall–Kier alpha value is -0.790. The molecule has 3 N–H and O–H groups in total. The van der Waals surface area contributed by atoms with Crippen molar-refractivity contribution < 1.29 is 4.79 Å². The predicted molar refractivity (Wildman–Crippen MR) is 102 cm³/mol. The SMILES string of the molecule is CCNC(=NCC(=O)NC1CCCCC1)NC1CC=CC1.I. The van der Waals surface area contributed by atoms with Crippen LogP contribution in [0.3, 0.4) is 0 Å². The highest BCUT2D eigenvalue weighted by Gasteiger charge is 2.16. The van der Waals surface area contributed by atoms with Crippen LogP contribution in [0, 0.1) is 0 Å². The summed E-state index contributed by atoms with van der Waals surface area (Å²) < 4.78 is 0. The molecular weight excluding hydrogens is 391 g/mol. The van der Waals surface area contributed by atoms with Crippen LogP contribution in [0.1, 0.15) is 51.9 Å². The van der Waals surface area contributed by atoms with Crippen molar-refractivity contribution in [3.8, 4) is 0 Å². The van der Waals surface area contributed by atoms with Gasteiger partial charge in [0, 0.05) is 18.6 Å². The van der Waals surface area contributed by atoms with Crippen molar-refractivity contribution in [2.75, 3.05) is 13.1 Å². The topological polar surface area (TPSA) is 65.5 Å². The highest BCUT2D eigenvalue weighted by atomic mass is 127. The first-order valence-corrected chi connectivity index (χ1v) is 8.27. The summed E-state index contributed by atoms with van der Waals surface area (Å²) in [5.41, 5.74) is 0. The smallest absolute Gasteiger partial charge is 0.242 e. The number of carbonyl (C=O) groups excluding carboxylic acids is 1. The molecule has 2 rings (SSSR count). The van der Waals surface area contributed by atoms with Crippen molar-refractivity contribution in [1.82, 2.24) is 16.0 Å². The Kier molecular flexibility index (Phi) is 9.50. The van der Waals surface area contributed by atoms with Crippen LogP contribution in [-0.2, 0) is 4.79 Å². The molecule has 2 aliphatic carbocycles. The van der Waals surface area contributed by atoms with Gasteiger partial charge in [-0.05, 0) is 32.6 Å². The fraction of sp³-hybridized carbons (Fsp3) is 0.750. The molecule has 0 aromatic carbocycles. The molecular formula is C16H29IN4O. The normalized spacial score (nSPS) is 19.6. The average molecular weight is 420 g/mol. The molecule has 1 fully saturated rings. The third kappa shape index (κ3) is 6.98. The molecule has 0 aromatic heterocycles. The van der Waals surface area contributed by atoms with E-state index in [-0.39, 0.29) is 36.4 Å². The molecule has 0 bridgehead atoms. The minimum atomic E-state index is 0. The molecule has 0 aliphatic heterocycles. The number of hydrogen-bond donors (Lipinski definition) is 3. The Bertz CT molecular complexity index is 384. The van der Waals surface area contributed by atoms with Gasteiger partial charge in [-0.25, -0.2) is 4.99 Å². The van der Waals surface area contributed by atoms with Gasteiger partial charge in [-0.15, -0.1) is 24.0 Å². The number of carbonyl (C=O) groups is 1. The number of halogens is 1. The number of nitrogens with zero attached hydrogens (tertiary/aromatic N) is 1. The van der Waals surface area contributed by atoms with Crippen LogP contribution in [-0.4, -0.2) is 37.0 Å². The van der Waals surface area contributed by atoms with Crippen LogP contribution in [0.25, 0.3) is 0 Å². The van der Waals surface area contributed by atoms with Crippen LogP contribution in [0.15, 0.2) is 17.1 Å².